The van der Waals surface area contributed by atoms with Gasteiger partial charge in [0, 0.05) is 13.1 Å². The van der Waals surface area contributed by atoms with Crippen LogP contribution in [0.5, 0.6) is 0 Å². The monoisotopic (exact) mass is 214 g/mol. The van der Waals surface area contributed by atoms with E-state index in [4.69, 9.17) is 5.11 Å². The van der Waals surface area contributed by atoms with Crippen LogP contribution in [0.1, 0.15) is 27.2 Å². The Kier molecular flexibility index (Phi) is 3.21. The summed E-state index contributed by atoms with van der Waals surface area (Å²) in [5.74, 6) is -0.521. The zero-order valence-electron chi connectivity index (χ0n) is 9.41. The number of nitrogens with zero attached hydrogens (tertiary/aromatic N) is 1. The van der Waals surface area contributed by atoms with Gasteiger partial charge in [-0.3, -0.25) is 0 Å². The number of amides is 2. The highest BCUT2D eigenvalue weighted by Crippen LogP contribution is 2.15. The van der Waals surface area contributed by atoms with Gasteiger partial charge in [0.05, 0.1) is 0 Å². The molecule has 86 valence electrons. The molecular weight excluding hydrogens is 196 g/mol. The number of likely N-dealkylation sites (tertiary alicyclic amines) is 1. The Morgan fingerprint density at radius 1 is 1.47 bits per heavy atom. The third-order valence-electron chi connectivity index (χ3n) is 2.67. The fraction of sp³-hybridized carbons (Fsp3) is 0.800. The average molecular weight is 214 g/mol. The highest BCUT2D eigenvalue weighted by molar-refractivity contribution is 5.85. The number of nitrogens with one attached hydrogen (secondary N) is 1. The topological polar surface area (TPSA) is 69.6 Å². The molecule has 0 aromatic carbocycles. The maximum Gasteiger partial charge on any atom is 0.328 e. The smallest absolute Gasteiger partial charge is 0.328 e. The first-order valence-corrected chi connectivity index (χ1v) is 5.13. The van der Waals surface area contributed by atoms with Crippen molar-refractivity contribution in [3.05, 3.63) is 0 Å². The Morgan fingerprint density at radius 2 is 2.07 bits per heavy atom. The van der Waals surface area contributed by atoms with E-state index in [0.29, 0.717) is 19.0 Å². The summed E-state index contributed by atoms with van der Waals surface area (Å²) in [4.78, 5) is 24.1. The second-order valence-electron chi connectivity index (χ2n) is 4.70. The van der Waals surface area contributed by atoms with Crippen LogP contribution in [0.25, 0.3) is 0 Å². The molecular formula is C10H18N2O3. The van der Waals surface area contributed by atoms with Crippen LogP contribution in [0, 0.1) is 5.92 Å². The molecule has 1 fully saturated rings. The van der Waals surface area contributed by atoms with Gasteiger partial charge in [-0.1, -0.05) is 6.92 Å². The molecule has 2 N–H and O–H groups in total. The fourth-order valence-corrected chi connectivity index (χ4v) is 1.52. The lowest BCUT2D eigenvalue weighted by Gasteiger charge is -2.25. The number of carboxylic acid groups (broad SMARTS) is 1. The molecule has 0 aromatic rings. The molecule has 1 rings (SSSR count). The van der Waals surface area contributed by atoms with Crippen molar-refractivity contribution in [3.63, 3.8) is 0 Å². The van der Waals surface area contributed by atoms with Gasteiger partial charge in [-0.15, -0.1) is 0 Å². The van der Waals surface area contributed by atoms with Crippen molar-refractivity contribution in [2.24, 2.45) is 5.92 Å². The number of urea groups is 1. The van der Waals surface area contributed by atoms with E-state index in [2.05, 4.69) is 12.2 Å². The maximum absolute atomic E-state index is 11.7. The van der Waals surface area contributed by atoms with Crippen LogP contribution in [0.3, 0.4) is 0 Å². The molecule has 5 heteroatoms. The van der Waals surface area contributed by atoms with Crippen molar-refractivity contribution in [2.75, 3.05) is 13.1 Å². The lowest BCUT2D eigenvalue weighted by atomic mass is 10.1. The molecule has 0 aromatic heterocycles. The van der Waals surface area contributed by atoms with E-state index < -0.39 is 11.5 Å². The second-order valence-corrected chi connectivity index (χ2v) is 4.70. The predicted octanol–water partition coefficient (Wildman–Crippen LogP) is 0.901. The van der Waals surface area contributed by atoms with Crippen molar-refractivity contribution in [3.8, 4) is 0 Å². The van der Waals surface area contributed by atoms with Crippen LogP contribution in [0.2, 0.25) is 0 Å². The van der Waals surface area contributed by atoms with Gasteiger partial charge in [-0.05, 0) is 26.2 Å². The van der Waals surface area contributed by atoms with Crippen LogP contribution in [-0.2, 0) is 4.79 Å². The summed E-state index contributed by atoms with van der Waals surface area (Å²) in [6, 6.07) is -0.285. The van der Waals surface area contributed by atoms with Gasteiger partial charge in [0.15, 0.2) is 0 Å². The quantitative estimate of drug-likeness (QED) is 0.717. The van der Waals surface area contributed by atoms with E-state index in [-0.39, 0.29) is 6.03 Å². The molecule has 1 aliphatic rings. The molecule has 1 unspecified atom stereocenters. The summed E-state index contributed by atoms with van der Waals surface area (Å²) in [5, 5.41) is 11.4. The Labute approximate surface area is 89.4 Å². The Bertz CT molecular complexity index is 276. The molecule has 1 aliphatic heterocycles. The van der Waals surface area contributed by atoms with Gasteiger partial charge in [0.25, 0.3) is 0 Å². The highest BCUT2D eigenvalue weighted by Gasteiger charge is 2.32. The summed E-state index contributed by atoms with van der Waals surface area (Å²) >= 11 is 0. The van der Waals surface area contributed by atoms with Gasteiger partial charge in [0.2, 0.25) is 0 Å². The minimum absolute atomic E-state index is 0.285. The van der Waals surface area contributed by atoms with Crippen molar-refractivity contribution in [1.29, 1.82) is 0 Å². The number of carbonyl (C=O) groups is 2. The fourth-order valence-electron chi connectivity index (χ4n) is 1.52. The summed E-state index contributed by atoms with van der Waals surface area (Å²) in [6.07, 6.45) is 0.987. The molecule has 0 bridgehead atoms. The Hall–Kier alpha value is -1.26. The van der Waals surface area contributed by atoms with Crippen LogP contribution in [0.4, 0.5) is 4.79 Å². The number of carbonyl (C=O) groups excluding carboxylic acids is 1. The molecule has 0 spiro atoms. The Balaban J connectivity index is 2.52. The van der Waals surface area contributed by atoms with E-state index >= 15 is 0 Å². The highest BCUT2D eigenvalue weighted by atomic mass is 16.4. The predicted molar refractivity (Wildman–Crippen MR) is 55.6 cm³/mol. The molecule has 0 radical (unpaired) electrons. The average Bonchev–Trinajstić information content (AvgIpc) is 2.50. The van der Waals surface area contributed by atoms with E-state index in [1.54, 1.807) is 4.90 Å². The molecule has 5 nitrogen and oxygen atoms in total. The number of aliphatic carboxylic acids is 1. The maximum atomic E-state index is 11.7. The zero-order chi connectivity index (χ0) is 11.6. The van der Waals surface area contributed by atoms with E-state index in [1.807, 2.05) is 0 Å². The lowest BCUT2D eigenvalue weighted by molar-refractivity contribution is -0.143. The van der Waals surface area contributed by atoms with E-state index in [9.17, 15) is 9.59 Å². The first-order chi connectivity index (χ1) is 6.83. The van der Waals surface area contributed by atoms with Crippen LogP contribution >= 0.6 is 0 Å². The second kappa shape index (κ2) is 4.08. The first kappa shape index (κ1) is 11.8. The summed E-state index contributed by atoms with van der Waals surface area (Å²) in [6.45, 7) is 6.46. The third-order valence-corrected chi connectivity index (χ3v) is 2.67. The lowest BCUT2D eigenvalue weighted by Crippen LogP contribution is -2.53. The van der Waals surface area contributed by atoms with Crippen LogP contribution in [-0.4, -0.2) is 40.6 Å². The standard InChI is InChI=1S/C10H18N2O3/c1-7-4-5-12(6-7)9(15)11-10(2,3)8(13)14/h7H,4-6H2,1-3H3,(H,11,15)(H,13,14). The van der Waals surface area contributed by atoms with Gasteiger partial charge < -0.3 is 15.3 Å². The molecule has 2 amide bonds. The SMILES string of the molecule is CC1CCN(C(=O)NC(C)(C)C(=O)O)C1. The van der Waals surface area contributed by atoms with Crippen molar-refractivity contribution in [1.82, 2.24) is 10.2 Å². The van der Waals surface area contributed by atoms with Gasteiger partial charge >= 0.3 is 12.0 Å². The van der Waals surface area contributed by atoms with Crippen LogP contribution < -0.4 is 5.32 Å². The Morgan fingerprint density at radius 3 is 2.47 bits per heavy atom. The van der Waals surface area contributed by atoms with E-state index in [0.717, 1.165) is 6.42 Å². The van der Waals surface area contributed by atoms with Crippen molar-refractivity contribution in [2.45, 2.75) is 32.7 Å². The minimum atomic E-state index is -1.21. The largest absolute Gasteiger partial charge is 0.480 e. The normalized spacial score (nSPS) is 21.5. The molecule has 1 atom stereocenters. The van der Waals surface area contributed by atoms with E-state index in [1.165, 1.54) is 13.8 Å². The zero-order valence-corrected chi connectivity index (χ0v) is 9.41. The summed E-state index contributed by atoms with van der Waals surface area (Å²) in [7, 11) is 0. The van der Waals surface area contributed by atoms with Crippen molar-refractivity contribution < 1.29 is 14.7 Å². The number of hydrogen-bond donors (Lipinski definition) is 2. The molecule has 1 saturated heterocycles. The number of hydrogen-bond acceptors (Lipinski definition) is 2. The molecule has 0 saturated carbocycles. The van der Waals surface area contributed by atoms with Gasteiger partial charge in [-0.2, -0.15) is 0 Å². The third kappa shape index (κ3) is 2.84. The molecule has 0 aliphatic carbocycles. The number of carboxylic acids is 1. The first-order valence-electron chi connectivity index (χ1n) is 5.13. The minimum Gasteiger partial charge on any atom is -0.480 e. The summed E-state index contributed by atoms with van der Waals surface area (Å²) < 4.78 is 0. The van der Waals surface area contributed by atoms with Gasteiger partial charge in [0.1, 0.15) is 5.54 Å². The number of rotatable bonds is 2. The molecule has 1 heterocycles. The van der Waals surface area contributed by atoms with Crippen LogP contribution in [0.15, 0.2) is 0 Å². The molecule has 15 heavy (non-hydrogen) atoms. The van der Waals surface area contributed by atoms with Crippen molar-refractivity contribution >= 4 is 12.0 Å². The summed E-state index contributed by atoms with van der Waals surface area (Å²) in [5.41, 5.74) is -1.21. The van der Waals surface area contributed by atoms with Gasteiger partial charge in [-0.25, -0.2) is 9.59 Å².